The van der Waals surface area contributed by atoms with Crippen LogP contribution in [0.1, 0.15) is 23.6 Å². The zero-order valence-corrected chi connectivity index (χ0v) is 10.9. The minimum Gasteiger partial charge on any atom is -0.491 e. The van der Waals surface area contributed by atoms with Gasteiger partial charge < -0.3 is 4.74 Å². The third kappa shape index (κ3) is 2.56. The Morgan fingerprint density at radius 1 is 1.50 bits per heavy atom. The lowest BCUT2D eigenvalue weighted by molar-refractivity contribution is 0.101. The number of ketones is 1. The van der Waals surface area contributed by atoms with Crippen molar-refractivity contribution >= 4 is 17.1 Å². The van der Waals surface area contributed by atoms with E-state index in [2.05, 4.69) is 4.98 Å². The average molecular weight is 265 g/mol. The SMILES string of the molecule is CCOc1ccc(-c2csc(C(C)=O)n2)cc1F. The number of thiazole rings is 1. The van der Waals surface area contributed by atoms with Crippen LogP contribution < -0.4 is 4.74 Å². The first-order chi connectivity index (χ1) is 8.61. The summed E-state index contributed by atoms with van der Waals surface area (Å²) in [5.41, 5.74) is 1.24. The van der Waals surface area contributed by atoms with Crippen molar-refractivity contribution in [3.63, 3.8) is 0 Å². The van der Waals surface area contributed by atoms with Crippen LogP contribution in [0.15, 0.2) is 23.6 Å². The quantitative estimate of drug-likeness (QED) is 0.793. The molecule has 0 unspecified atom stereocenters. The lowest BCUT2D eigenvalue weighted by Crippen LogP contribution is -1.95. The molecule has 0 aliphatic rings. The number of carbonyl (C=O) groups is 1. The van der Waals surface area contributed by atoms with Crippen LogP contribution in [0.5, 0.6) is 5.75 Å². The molecule has 0 saturated carbocycles. The average Bonchev–Trinajstić information content (AvgIpc) is 2.81. The van der Waals surface area contributed by atoms with Crippen LogP contribution in [0.4, 0.5) is 4.39 Å². The monoisotopic (exact) mass is 265 g/mol. The van der Waals surface area contributed by atoms with Gasteiger partial charge in [-0.15, -0.1) is 11.3 Å². The standard InChI is InChI=1S/C13H12FNO2S/c1-3-17-12-5-4-9(6-10(12)14)11-7-18-13(15-11)8(2)16/h4-7H,3H2,1-2H3. The number of hydrogen-bond acceptors (Lipinski definition) is 4. The van der Waals surface area contributed by atoms with Crippen molar-refractivity contribution in [1.82, 2.24) is 4.98 Å². The molecule has 0 N–H and O–H groups in total. The molecule has 5 heteroatoms. The van der Waals surface area contributed by atoms with Crippen LogP contribution in [0, 0.1) is 5.82 Å². The molecule has 0 fully saturated rings. The topological polar surface area (TPSA) is 39.2 Å². The summed E-state index contributed by atoms with van der Waals surface area (Å²) in [5, 5.41) is 2.17. The molecule has 2 rings (SSSR count). The summed E-state index contributed by atoms with van der Waals surface area (Å²) in [6.45, 7) is 3.68. The van der Waals surface area contributed by atoms with E-state index >= 15 is 0 Å². The smallest absolute Gasteiger partial charge is 0.188 e. The molecule has 18 heavy (non-hydrogen) atoms. The lowest BCUT2D eigenvalue weighted by atomic mass is 10.1. The van der Waals surface area contributed by atoms with Gasteiger partial charge in [-0.2, -0.15) is 0 Å². The Hall–Kier alpha value is -1.75. The molecule has 0 saturated heterocycles. The van der Waals surface area contributed by atoms with Gasteiger partial charge in [-0.25, -0.2) is 9.37 Å². The van der Waals surface area contributed by atoms with Gasteiger partial charge >= 0.3 is 0 Å². The molecule has 1 aromatic heterocycles. The largest absolute Gasteiger partial charge is 0.491 e. The predicted octanol–water partition coefficient (Wildman–Crippen LogP) is 3.55. The second-order valence-corrected chi connectivity index (χ2v) is 4.53. The summed E-state index contributed by atoms with van der Waals surface area (Å²) in [7, 11) is 0. The highest BCUT2D eigenvalue weighted by Crippen LogP contribution is 2.26. The highest BCUT2D eigenvalue weighted by molar-refractivity contribution is 7.12. The summed E-state index contributed by atoms with van der Waals surface area (Å²) in [6, 6.07) is 4.66. The molecule has 94 valence electrons. The summed E-state index contributed by atoms with van der Waals surface area (Å²) >= 11 is 1.26. The van der Waals surface area contributed by atoms with Crippen LogP contribution in [-0.2, 0) is 0 Å². The van der Waals surface area contributed by atoms with Crippen molar-refractivity contribution in [2.24, 2.45) is 0 Å². The van der Waals surface area contributed by atoms with Crippen molar-refractivity contribution in [3.8, 4) is 17.0 Å². The Morgan fingerprint density at radius 2 is 2.28 bits per heavy atom. The fourth-order valence-corrected chi connectivity index (χ4v) is 2.23. The summed E-state index contributed by atoms with van der Waals surface area (Å²) < 4.78 is 18.8. The van der Waals surface area contributed by atoms with Gasteiger partial charge in [-0.1, -0.05) is 0 Å². The van der Waals surface area contributed by atoms with Crippen molar-refractivity contribution < 1.29 is 13.9 Å². The summed E-state index contributed by atoms with van der Waals surface area (Å²) in [5.74, 6) is -0.285. The van der Waals surface area contributed by atoms with Crippen molar-refractivity contribution in [2.45, 2.75) is 13.8 Å². The molecule has 0 radical (unpaired) electrons. The molecule has 0 aliphatic heterocycles. The molecule has 0 aliphatic carbocycles. The number of rotatable bonds is 4. The van der Waals surface area contributed by atoms with E-state index in [4.69, 9.17) is 4.74 Å². The van der Waals surface area contributed by atoms with Crippen LogP contribution in [0.25, 0.3) is 11.3 Å². The molecule has 2 aromatic rings. The number of Topliss-reactive ketones (excluding diaryl/α,β-unsaturated/α-hetero) is 1. The van der Waals surface area contributed by atoms with Crippen LogP contribution in [0.2, 0.25) is 0 Å². The van der Waals surface area contributed by atoms with Gasteiger partial charge in [-0.05, 0) is 25.1 Å². The van der Waals surface area contributed by atoms with Crippen LogP contribution in [-0.4, -0.2) is 17.4 Å². The van der Waals surface area contributed by atoms with E-state index in [-0.39, 0.29) is 11.5 Å². The highest BCUT2D eigenvalue weighted by atomic mass is 32.1. The minimum atomic E-state index is -0.424. The molecular weight excluding hydrogens is 253 g/mol. The van der Waals surface area contributed by atoms with Crippen LogP contribution >= 0.6 is 11.3 Å². The maximum absolute atomic E-state index is 13.7. The Bertz CT molecular complexity index is 580. The molecule has 0 bridgehead atoms. The fourth-order valence-electron chi connectivity index (χ4n) is 1.50. The summed E-state index contributed by atoms with van der Waals surface area (Å²) in [4.78, 5) is 15.3. The van der Waals surface area contributed by atoms with Gasteiger partial charge in [-0.3, -0.25) is 4.79 Å². The Balaban J connectivity index is 2.33. The highest BCUT2D eigenvalue weighted by Gasteiger charge is 2.10. The molecule has 0 atom stereocenters. The summed E-state index contributed by atoms with van der Waals surface area (Å²) in [6.07, 6.45) is 0. The molecule has 1 heterocycles. The first kappa shape index (κ1) is 12.7. The minimum absolute atomic E-state index is 0.0855. The maximum Gasteiger partial charge on any atom is 0.188 e. The normalized spacial score (nSPS) is 10.4. The van der Waals surface area contributed by atoms with E-state index in [1.807, 2.05) is 0 Å². The molecule has 3 nitrogen and oxygen atoms in total. The second kappa shape index (κ2) is 5.27. The van der Waals surface area contributed by atoms with E-state index in [1.165, 1.54) is 24.3 Å². The van der Waals surface area contributed by atoms with Gasteiger partial charge in [0.15, 0.2) is 22.4 Å². The molecular formula is C13H12FNO2S. The van der Waals surface area contributed by atoms with Crippen molar-refractivity contribution in [3.05, 3.63) is 34.4 Å². The number of ether oxygens (including phenoxy) is 1. The second-order valence-electron chi connectivity index (χ2n) is 3.67. The molecule has 0 spiro atoms. The number of benzene rings is 1. The molecule has 0 amide bonds. The van der Waals surface area contributed by atoms with Crippen LogP contribution in [0.3, 0.4) is 0 Å². The lowest BCUT2D eigenvalue weighted by Gasteiger charge is -2.05. The van der Waals surface area contributed by atoms with E-state index < -0.39 is 5.82 Å². The van der Waals surface area contributed by atoms with Crippen molar-refractivity contribution in [2.75, 3.05) is 6.61 Å². The number of aromatic nitrogens is 1. The van der Waals surface area contributed by atoms with E-state index in [9.17, 15) is 9.18 Å². The van der Waals surface area contributed by atoms with Gasteiger partial charge in [0.05, 0.1) is 12.3 Å². The first-order valence-corrected chi connectivity index (χ1v) is 6.39. The number of nitrogens with zero attached hydrogens (tertiary/aromatic N) is 1. The molecule has 1 aromatic carbocycles. The van der Waals surface area contributed by atoms with Gasteiger partial charge in [0.1, 0.15) is 0 Å². The zero-order valence-electron chi connectivity index (χ0n) is 10.1. The van der Waals surface area contributed by atoms with Gasteiger partial charge in [0.2, 0.25) is 0 Å². The Morgan fingerprint density at radius 3 is 2.83 bits per heavy atom. The Labute approximate surface area is 108 Å². The Kier molecular flexibility index (Phi) is 3.72. The number of hydrogen-bond donors (Lipinski definition) is 0. The van der Waals surface area contributed by atoms with E-state index in [0.29, 0.717) is 22.9 Å². The van der Waals surface area contributed by atoms with Gasteiger partial charge in [0.25, 0.3) is 0 Å². The van der Waals surface area contributed by atoms with Crippen molar-refractivity contribution in [1.29, 1.82) is 0 Å². The zero-order chi connectivity index (χ0) is 13.1. The third-order valence-corrected chi connectivity index (χ3v) is 3.28. The van der Waals surface area contributed by atoms with Gasteiger partial charge in [0, 0.05) is 17.9 Å². The van der Waals surface area contributed by atoms with E-state index in [1.54, 1.807) is 24.4 Å². The van der Waals surface area contributed by atoms with E-state index in [0.717, 1.165) is 0 Å². The number of carbonyl (C=O) groups excluding carboxylic acids is 1. The third-order valence-electron chi connectivity index (χ3n) is 2.33. The fraction of sp³-hybridized carbons (Fsp3) is 0.231. The number of halogens is 1. The first-order valence-electron chi connectivity index (χ1n) is 5.51. The predicted molar refractivity (Wildman–Crippen MR) is 68.7 cm³/mol. The maximum atomic E-state index is 13.7.